The van der Waals surface area contributed by atoms with Gasteiger partial charge in [-0.3, -0.25) is 4.90 Å². The standard InChI is InChI=1S/C9H17Cl2NO/c1-2-3-4-12(5-6-13)8-9(11)7-10/h7,13H,2-6,8H2,1H3. The molecule has 0 spiro atoms. The van der Waals surface area contributed by atoms with E-state index in [2.05, 4.69) is 11.8 Å². The minimum atomic E-state index is 0.163. The fourth-order valence-electron chi connectivity index (χ4n) is 1.04. The van der Waals surface area contributed by atoms with Gasteiger partial charge in [0, 0.05) is 23.7 Å². The molecular formula is C9H17Cl2NO. The van der Waals surface area contributed by atoms with E-state index in [-0.39, 0.29) is 6.61 Å². The lowest BCUT2D eigenvalue weighted by atomic mass is 10.3. The zero-order valence-corrected chi connectivity index (χ0v) is 9.48. The summed E-state index contributed by atoms with van der Waals surface area (Å²) in [6, 6.07) is 0. The van der Waals surface area contributed by atoms with Crippen molar-refractivity contribution < 1.29 is 5.11 Å². The van der Waals surface area contributed by atoms with Crippen LogP contribution in [0.5, 0.6) is 0 Å². The second kappa shape index (κ2) is 8.82. The van der Waals surface area contributed by atoms with Crippen molar-refractivity contribution in [1.29, 1.82) is 0 Å². The molecule has 0 rings (SSSR count). The van der Waals surface area contributed by atoms with E-state index < -0.39 is 0 Å². The quantitative estimate of drug-likeness (QED) is 0.720. The number of halogens is 2. The second-order valence-corrected chi connectivity index (χ2v) is 3.61. The molecule has 0 radical (unpaired) electrons. The molecule has 1 N–H and O–H groups in total. The number of aliphatic hydroxyl groups is 1. The maximum absolute atomic E-state index is 8.78. The zero-order valence-electron chi connectivity index (χ0n) is 7.97. The first-order valence-electron chi connectivity index (χ1n) is 4.52. The van der Waals surface area contributed by atoms with Crippen LogP contribution in [0.4, 0.5) is 0 Å². The van der Waals surface area contributed by atoms with Gasteiger partial charge in [-0.05, 0) is 13.0 Å². The van der Waals surface area contributed by atoms with Crippen molar-refractivity contribution >= 4 is 23.2 Å². The number of nitrogens with zero attached hydrogens (tertiary/aromatic N) is 1. The maximum Gasteiger partial charge on any atom is 0.0558 e. The second-order valence-electron chi connectivity index (χ2n) is 2.91. The van der Waals surface area contributed by atoms with E-state index in [1.165, 1.54) is 5.54 Å². The fraction of sp³-hybridized carbons (Fsp3) is 0.778. The molecule has 0 aromatic rings. The van der Waals surface area contributed by atoms with Crippen LogP contribution in [-0.4, -0.2) is 36.2 Å². The summed E-state index contributed by atoms with van der Waals surface area (Å²) in [5, 5.41) is 9.40. The predicted molar refractivity (Wildman–Crippen MR) is 58.2 cm³/mol. The molecular weight excluding hydrogens is 209 g/mol. The highest BCUT2D eigenvalue weighted by molar-refractivity contribution is 6.36. The number of unbranched alkanes of at least 4 members (excludes halogenated alkanes) is 1. The van der Waals surface area contributed by atoms with Crippen LogP contribution in [0, 0.1) is 0 Å². The summed E-state index contributed by atoms with van der Waals surface area (Å²) >= 11 is 11.2. The summed E-state index contributed by atoms with van der Waals surface area (Å²) in [4.78, 5) is 2.09. The third-order valence-corrected chi connectivity index (χ3v) is 2.34. The van der Waals surface area contributed by atoms with Crippen molar-refractivity contribution in [2.24, 2.45) is 0 Å². The molecule has 78 valence electrons. The highest BCUT2D eigenvalue weighted by Crippen LogP contribution is 2.06. The van der Waals surface area contributed by atoms with E-state index in [9.17, 15) is 0 Å². The van der Waals surface area contributed by atoms with Gasteiger partial charge in [0.25, 0.3) is 0 Å². The SMILES string of the molecule is CCCCN(CCO)CC(Cl)=CCl. The molecule has 0 saturated carbocycles. The van der Waals surface area contributed by atoms with Crippen LogP contribution in [0.1, 0.15) is 19.8 Å². The first-order valence-corrected chi connectivity index (χ1v) is 5.34. The van der Waals surface area contributed by atoms with E-state index in [0.29, 0.717) is 18.1 Å². The summed E-state index contributed by atoms with van der Waals surface area (Å²) in [7, 11) is 0. The van der Waals surface area contributed by atoms with Crippen molar-refractivity contribution in [2.75, 3.05) is 26.2 Å². The lowest BCUT2D eigenvalue weighted by Gasteiger charge is -2.20. The van der Waals surface area contributed by atoms with Crippen LogP contribution in [0.15, 0.2) is 10.6 Å². The van der Waals surface area contributed by atoms with Gasteiger partial charge < -0.3 is 5.11 Å². The van der Waals surface area contributed by atoms with Crippen molar-refractivity contribution in [3.8, 4) is 0 Å². The molecule has 0 aliphatic heterocycles. The Kier molecular flexibility index (Phi) is 8.98. The molecule has 0 aliphatic carbocycles. The molecule has 2 nitrogen and oxygen atoms in total. The molecule has 0 heterocycles. The smallest absolute Gasteiger partial charge is 0.0558 e. The fourth-order valence-corrected chi connectivity index (χ4v) is 1.28. The van der Waals surface area contributed by atoms with Gasteiger partial charge in [0.1, 0.15) is 0 Å². The Hall–Kier alpha value is 0.240. The third-order valence-electron chi connectivity index (χ3n) is 1.74. The Morgan fingerprint density at radius 2 is 2.15 bits per heavy atom. The number of rotatable bonds is 7. The molecule has 0 aromatic carbocycles. The van der Waals surface area contributed by atoms with E-state index in [4.69, 9.17) is 28.3 Å². The van der Waals surface area contributed by atoms with Crippen molar-refractivity contribution in [3.05, 3.63) is 10.6 Å². The summed E-state index contributed by atoms with van der Waals surface area (Å²) in [5.41, 5.74) is 1.37. The monoisotopic (exact) mass is 225 g/mol. The summed E-state index contributed by atoms with van der Waals surface area (Å²) < 4.78 is 0. The number of aliphatic hydroxyl groups excluding tert-OH is 1. The first-order chi connectivity index (χ1) is 6.24. The van der Waals surface area contributed by atoms with Crippen LogP contribution in [0.3, 0.4) is 0 Å². The molecule has 13 heavy (non-hydrogen) atoms. The Labute approximate surface area is 90.1 Å². The Morgan fingerprint density at radius 3 is 2.62 bits per heavy atom. The van der Waals surface area contributed by atoms with E-state index >= 15 is 0 Å². The van der Waals surface area contributed by atoms with Gasteiger partial charge >= 0.3 is 0 Å². The van der Waals surface area contributed by atoms with Crippen LogP contribution in [-0.2, 0) is 0 Å². The first kappa shape index (κ1) is 13.2. The highest BCUT2D eigenvalue weighted by atomic mass is 35.5. The van der Waals surface area contributed by atoms with Crippen LogP contribution in [0.2, 0.25) is 0 Å². The number of hydrogen-bond donors (Lipinski definition) is 1. The molecule has 0 atom stereocenters. The van der Waals surface area contributed by atoms with Crippen molar-refractivity contribution in [3.63, 3.8) is 0 Å². The molecule has 0 fully saturated rings. The highest BCUT2D eigenvalue weighted by Gasteiger charge is 2.04. The Morgan fingerprint density at radius 1 is 1.46 bits per heavy atom. The van der Waals surface area contributed by atoms with Gasteiger partial charge in [-0.15, -0.1) is 0 Å². The molecule has 0 saturated heterocycles. The van der Waals surface area contributed by atoms with Gasteiger partial charge in [0.2, 0.25) is 0 Å². The van der Waals surface area contributed by atoms with E-state index in [1.807, 2.05) is 0 Å². The average molecular weight is 226 g/mol. The van der Waals surface area contributed by atoms with Gasteiger partial charge in [-0.25, -0.2) is 0 Å². The van der Waals surface area contributed by atoms with Gasteiger partial charge in [-0.2, -0.15) is 0 Å². The summed E-state index contributed by atoms with van der Waals surface area (Å²) in [6.07, 6.45) is 2.26. The predicted octanol–water partition coefficient (Wildman–Crippen LogP) is 2.40. The largest absolute Gasteiger partial charge is 0.395 e. The average Bonchev–Trinajstić information content (AvgIpc) is 2.14. The lowest BCUT2D eigenvalue weighted by Crippen LogP contribution is -2.29. The van der Waals surface area contributed by atoms with Crippen molar-refractivity contribution in [1.82, 2.24) is 4.90 Å². The molecule has 0 amide bonds. The molecule has 0 aromatic heterocycles. The van der Waals surface area contributed by atoms with Crippen LogP contribution in [0.25, 0.3) is 0 Å². The normalized spacial score (nSPS) is 12.5. The Balaban J connectivity index is 3.79. The van der Waals surface area contributed by atoms with Crippen molar-refractivity contribution in [2.45, 2.75) is 19.8 Å². The van der Waals surface area contributed by atoms with Crippen LogP contribution >= 0.6 is 23.2 Å². The van der Waals surface area contributed by atoms with E-state index in [1.54, 1.807) is 0 Å². The topological polar surface area (TPSA) is 23.5 Å². The molecule has 0 bridgehead atoms. The molecule has 4 heteroatoms. The minimum Gasteiger partial charge on any atom is -0.395 e. The van der Waals surface area contributed by atoms with E-state index in [0.717, 1.165) is 19.4 Å². The number of hydrogen-bond acceptors (Lipinski definition) is 2. The van der Waals surface area contributed by atoms with Gasteiger partial charge in [-0.1, -0.05) is 36.5 Å². The molecule has 0 unspecified atom stereocenters. The molecule has 0 aliphatic rings. The maximum atomic E-state index is 8.78. The lowest BCUT2D eigenvalue weighted by molar-refractivity contribution is 0.206. The van der Waals surface area contributed by atoms with Gasteiger partial charge in [0.15, 0.2) is 0 Å². The van der Waals surface area contributed by atoms with Crippen LogP contribution < -0.4 is 0 Å². The summed E-state index contributed by atoms with van der Waals surface area (Å²) in [6.45, 7) is 4.54. The third kappa shape index (κ3) is 7.32. The van der Waals surface area contributed by atoms with Gasteiger partial charge in [0.05, 0.1) is 6.61 Å². The zero-order chi connectivity index (χ0) is 10.1. The summed E-state index contributed by atoms with van der Waals surface area (Å²) in [5.74, 6) is 0. The minimum absolute atomic E-state index is 0.163. The Bertz CT molecular complexity index is 151.